The van der Waals surface area contributed by atoms with Crippen LogP contribution in [-0.2, 0) is 9.15 Å². The third-order valence-electron chi connectivity index (χ3n) is 0.324. The number of aliphatic hydroxyl groups excluding tert-OH is 1. The second-order valence-electron chi connectivity index (χ2n) is 0.973. The van der Waals surface area contributed by atoms with Crippen LogP contribution in [0.2, 0.25) is 0 Å². The van der Waals surface area contributed by atoms with Crippen LogP contribution in [-0.4, -0.2) is 30.4 Å². The molecule has 0 aliphatic heterocycles. The maximum absolute atomic E-state index is 9.80. The first kappa shape index (κ1) is 8.22. The molecule has 0 aliphatic carbocycles. The molecule has 0 heterocycles. The van der Waals surface area contributed by atoms with Gasteiger partial charge in [0.25, 0.3) is 0 Å². The van der Waals surface area contributed by atoms with Crippen molar-refractivity contribution in [2.45, 2.75) is 0 Å². The fraction of sp³-hybridized carbons (Fsp3) is 1.00. The van der Waals surface area contributed by atoms with E-state index in [0.717, 1.165) is 0 Å². The molecule has 0 aliphatic rings. The molecule has 0 radical (unpaired) electrons. The molecule has 50 valence electrons. The topological polar surface area (TPSA) is 74.6 Å². The first-order valence-corrected chi connectivity index (χ1v) is 4.73. The maximum atomic E-state index is 9.80. The van der Waals surface area contributed by atoms with Crippen LogP contribution in [0.1, 0.15) is 0 Å². The molecule has 6 heteroatoms. The van der Waals surface area contributed by atoms with Gasteiger partial charge < -0.3 is 5.11 Å². The van der Waals surface area contributed by atoms with Crippen LogP contribution >= 0.6 is 10.8 Å². The van der Waals surface area contributed by atoms with Crippen LogP contribution in [0.15, 0.2) is 0 Å². The van der Waals surface area contributed by atoms with Gasteiger partial charge in [0.05, 0.1) is 6.61 Å². The summed E-state index contributed by atoms with van der Waals surface area (Å²) in [7, 11) is -3.62. The van der Waals surface area contributed by atoms with E-state index in [1.54, 1.807) is 0 Å². The summed E-state index contributed by atoms with van der Waals surface area (Å²) in [4.78, 5) is 0. The molecule has 0 aromatic heterocycles. The molecule has 0 rings (SSSR count). The second-order valence-corrected chi connectivity index (χ2v) is 4.44. The van der Waals surface area contributed by atoms with Gasteiger partial charge in [-0.3, -0.25) is 4.55 Å². The quantitative estimate of drug-likeness (QED) is 0.428. The summed E-state index contributed by atoms with van der Waals surface area (Å²) in [6.45, 7) is -0.246. The molecular weight excluding hydrogens is 152 g/mol. The minimum absolute atomic E-state index is 0.0127. The minimum atomic E-state index is -3.93. The Hall–Kier alpha value is 0.220. The number of rotatable bonds is 3. The van der Waals surface area contributed by atoms with Gasteiger partial charge in [-0.1, -0.05) is 0 Å². The van der Waals surface area contributed by atoms with Crippen LogP contribution < -0.4 is 0 Å². The van der Waals surface area contributed by atoms with Crippen molar-refractivity contribution in [3.8, 4) is 0 Å². The van der Waals surface area contributed by atoms with Gasteiger partial charge in [0, 0.05) is 5.75 Å². The van der Waals surface area contributed by atoms with Gasteiger partial charge in [0.2, 0.25) is 0 Å². The lowest BCUT2D eigenvalue weighted by atomic mass is 10.9. The van der Waals surface area contributed by atoms with E-state index >= 15 is 0 Å². The van der Waals surface area contributed by atoms with Crippen molar-refractivity contribution in [1.82, 2.24) is 0 Å². The van der Waals surface area contributed by atoms with E-state index in [-0.39, 0.29) is 12.4 Å². The lowest BCUT2D eigenvalue weighted by molar-refractivity contribution is 0.322. The van der Waals surface area contributed by atoms with Gasteiger partial charge in [-0.05, 0) is 10.8 Å². The Kier molecular flexibility index (Phi) is 3.38. The van der Waals surface area contributed by atoms with E-state index in [4.69, 9.17) is 9.66 Å². The van der Waals surface area contributed by atoms with Crippen molar-refractivity contribution in [2.24, 2.45) is 0 Å². The van der Waals surface area contributed by atoms with Crippen LogP contribution in [0.4, 0.5) is 0 Å². The predicted octanol–water partition coefficient (Wildman–Crippen LogP) is -0.485. The van der Waals surface area contributed by atoms with Crippen molar-refractivity contribution in [2.75, 3.05) is 12.4 Å². The molecule has 0 saturated carbocycles. The van der Waals surface area contributed by atoms with Crippen molar-refractivity contribution in [3.63, 3.8) is 0 Å². The summed E-state index contributed by atoms with van der Waals surface area (Å²) in [6, 6.07) is 0. The Balaban J connectivity index is 3.42. The number of hydrogen-bond acceptors (Lipinski definition) is 4. The van der Waals surface area contributed by atoms with Crippen molar-refractivity contribution < 1.29 is 18.1 Å². The van der Waals surface area contributed by atoms with Crippen molar-refractivity contribution >= 4 is 19.9 Å². The number of hydrogen-bond donors (Lipinski definition) is 2. The Labute approximate surface area is 51.1 Å². The van der Waals surface area contributed by atoms with E-state index in [2.05, 4.69) is 0 Å². The Bertz CT molecular complexity index is 136. The van der Waals surface area contributed by atoms with Crippen LogP contribution in [0, 0.1) is 0 Å². The summed E-state index contributed by atoms with van der Waals surface area (Å²) in [5.74, 6) is 0.0127. The van der Waals surface area contributed by atoms with Gasteiger partial charge in [0.15, 0.2) is 0 Å². The maximum Gasteiger partial charge on any atom is 0.319 e. The van der Waals surface area contributed by atoms with E-state index in [1.807, 2.05) is 0 Å². The molecule has 0 bridgehead atoms. The smallest absolute Gasteiger partial charge is 0.319 e. The third-order valence-corrected chi connectivity index (χ3v) is 2.36. The summed E-state index contributed by atoms with van der Waals surface area (Å²) < 4.78 is 27.6. The minimum Gasteiger partial charge on any atom is -0.395 e. The third kappa shape index (κ3) is 6.22. The summed E-state index contributed by atoms with van der Waals surface area (Å²) in [5.41, 5.74) is 0. The van der Waals surface area contributed by atoms with Gasteiger partial charge >= 0.3 is 9.15 Å². The lowest BCUT2D eigenvalue weighted by Gasteiger charge is -1.89. The Morgan fingerprint density at radius 1 is 1.50 bits per heavy atom. The Morgan fingerprint density at radius 2 is 2.00 bits per heavy atom. The second kappa shape index (κ2) is 3.29. The normalized spacial score (nSPS) is 11.8. The van der Waals surface area contributed by atoms with Crippen LogP contribution in [0.25, 0.3) is 0 Å². The van der Waals surface area contributed by atoms with Gasteiger partial charge in [-0.25, -0.2) is 0 Å². The monoisotopic (exact) mass is 158 g/mol. The van der Waals surface area contributed by atoms with Gasteiger partial charge in [0.1, 0.15) is 0 Å². The van der Waals surface area contributed by atoms with E-state index in [1.165, 1.54) is 0 Å². The SMILES string of the molecule is O=S(=O)(O)SCCO. The fourth-order valence-electron chi connectivity index (χ4n) is 0.143. The highest BCUT2D eigenvalue weighted by molar-refractivity contribution is 8.69. The molecule has 0 saturated heterocycles. The van der Waals surface area contributed by atoms with Crippen LogP contribution in [0.3, 0.4) is 0 Å². The first-order chi connectivity index (χ1) is 3.56. The highest BCUT2D eigenvalue weighted by Gasteiger charge is 2.01. The summed E-state index contributed by atoms with van der Waals surface area (Å²) in [5, 5.41) is 8.03. The Morgan fingerprint density at radius 3 is 2.12 bits per heavy atom. The van der Waals surface area contributed by atoms with Crippen molar-refractivity contribution in [3.05, 3.63) is 0 Å². The molecule has 0 fully saturated rings. The molecule has 0 unspecified atom stereocenters. The highest BCUT2D eigenvalue weighted by atomic mass is 33.1. The zero-order valence-corrected chi connectivity index (χ0v) is 5.57. The standard InChI is InChI=1S/C2H6O4S2/c3-1-2-7-8(4,5)6/h3H,1-2H2,(H,4,5,6). The molecule has 2 N–H and O–H groups in total. The lowest BCUT2D eigenvalue weighted by Crippen LogP contribution is -1.94. The van der Waals surface area contributed by atoms with Gasteiger partial charge in [-0.2, -0.15) is 8.42 Å². The molecular formula is C2H6O4S2. The molecule has 8 heavy (non-hydrogen) atoms. The molecule has 0 aromatic rings. The van der Waals surface area contributed by atoms with Crippen LogP contribution in [0.5, 0.6) is 0 Å². The molecule has 0 amide bonds. The summed E-state index contributed by atoms with van der Waals surface area (Å²) >= 11 is 0. The average Bonchev–Trinajstić information content (AvgIpc) is 1.59. The number of aliphatic hydroxyl groups is 1. The largest absolute Gasteiger partial charge is 0.395 e. The van der Waals surface area contributed by atoms with Crippen molar-refractivity contribution in [1.29, 1.82) is 0 Å². The molecule has 0 atom stereocenters. The summed E-state index contributed by atoms with van der Waals surface area (Å²) in [6.07, 6.45) is 0. The first-order valence-electron chi connectivity index (χ1n) is 1.79. The van der Waals surface area contributed by atoms with Gasteiger partial charge in [-0.15, -0.1) is 0 Å². The zero-order valence-electron chi connectivity index (χ0n) is 3.94. The zero-order chi connectivity index (χ0) is 6.62. The average molecular weight is 158 g/mol. The molecule has 4 nitrogen and oxygen atoms in total. The van der Waals surface area contributed by atoms with E-state index in [9.17, 15) is 8.42 Å². The molecule has 0 spiro atoms. The predicted molar refractivity (Wildman–Crippen MR) is 31.1 cm³/mol. The van der Waals surface area contributed by atoms with E-state index in [0.29, 0.717) is 10.8 Å². The van der Waals surface area contributed by atoms with E-state index < -0.39 is 9.15 Å². The molecule has 0 aromatic carbocycles. The fourth-order valence-corrected chi connectivity index (χ4v) is 1.28. The highest BCUT2D eigenvalue weighted by Crippen LogP contribution is 2.06.